The number of amidine groups is 1. The summed E-state index contributed by atoms with van der Waals surface area (Å²) < 4.78 is 38.5. The van der Waals surface area contributed by atoms with Gasteiger partial charge >= 0.3 is 18.2 Å². The zero-order valence-corrected chi connectivity index (χ0v) is 21.8. The van der Waals surface area contributed by atoms with Gasteiger partial charge in [-0.2, -0.15) is 13.2 Å². The summed E-state index contributed by atoms with van der Waals surface area (Å²) in [6.45, 7) is 3.14. The fraction of sp³-hybridized carbons (Fsp3) is 0.160. The van der Waals surface area contributed by atoms with Crippen LogP contribution in [0.5, 0.6) is 0 Å². The smallest absolute Gasteiger partial charge is 0.333 e. The maximum atomic E-state index is 12.8. The Hall–Kier alpha value is -4.10. The minimum Gasteiger partial charge on any atom is -0.333 e. The molecule has 4 rings (SSSR count). The van der Waals surface area contributed by atoms with Gasteiger partial charge in [-0.15, -0.1) is 5.06 Å². The summed E-state index contributed by atoms with van der Waals surface area (Å²) in [7, 11) is 0. The summed E-state index contributed by atoms with van der Waals surface area (Å²) in [6, 6.07) is 11.2. The first-order valence-corrected chi connectivity index (χ1v) is 12.4. The first-order chi connectivity index (χ1) is 18.4. The Morgan fingerprint density at radius 2 is 1.97 bits per heavy atom. The summed E-state index contributed by atoms with van der Waals surface area (Å²) in [5.41, 5.74) is 1.30. The van der Waals surface area contributed by atoms with Gasteiger partial charge in [-0.3, -0.25) is 9.78 Å². The number of halogens is 4. The number of alkyl halides is 3. The first kappa shape index (κ1) is 27.9. The zero-order chi connectivity index (χ0) is 28.3. The Morgan fingerprint density at radius 3 is 2.69 bits per heavy atom. The molecule has 3 amide bonds. The lowest BCUT2D eigenvalue weighted by molar-refractivity contribution is -0.199. The average molecular weight is 578 g/mol. The van der Waals surface area contributed by atoms with E-state index in [0.717, 1.165) is 34.3 Å². The standard InChI is InChI=1S/C25H19ClF3N5O4S/c1-13(2)31-24(37)34(38-22(36)25(27,28)29)16-6-7-17(26)19(12-16)32-23-33-21(35)20(39-23)11-14-5-8-18-15(10-14)4-3-9-30-18/h3-13H,1-2H3,(H,31,37)(H,32,33,35)/b20-11-. The molecule has 0 atom stereocenters. The molecule has 1 saturated heterocycles. The third kappa shape index (κ3) is 6.86. The number of nitrogens with one attached hydrogen (secondary N) is 2. The molecule has 0 bridgehead atoms. The van der Waals surface area contributed by atoms with E-state index in [0.29, 0.717) is 4.91 Å². The van der Waals surface area contributed by atoms with Crippen LogP contribution in [-0.2, 0) is 14.4 Å². The maximum absolute atomic E-state index is 12.8. The summed E-state index contributed by atoms with van der Waals surface area (Å²) in [6.07, 6.45) is -2.00. The second-order valence-electron chi connectivity index (χ2n) is 8.35. The molecule has 9 nitrogen and oxygen atoms in total. The topological polar surface area (TPSA) is 113 Å². The van der Waals surface area contributed by atoms with Crippen LogP contribution in [0.1, 0.15) is 19.4 Å². The van der Waals surface area contributed by atoms with Crippen molar-refractivity contribution in [3.63, 3.8) is 0 Å². The number of amides is 3. The van der Waals surface area contributed by atoms with Gasteiger partial charge in [-0.1, -0.05) is 23.7 Å². The van der Waals surface area contributed by atoms with Crippen molar-refractivity contribution in [2.45, 2.75) is 26.1 Å². The average Bonchev–Trinajstić information content (AvgIpc) is 3.20. The third-order valence-corrected chi connectivity index (χ3v) is 6.19. The number of hydrogen-bond acceptors (Lipinski definition) is 7. The van der Waals surface area contributed by atoms with E-state index in [9.17, 15) is 27.6 Å². The molecule has 202 valence electrons. The molecule has 2 heterocycles. The van der Waals surface area contributed by atoms with E-state index in [1.807, 2.05) is 24.3 Å². The Kier molecular flexibility index (Phi) is 8.11. The number of aromatic nitrogens is 1. The number of benzene rings is 2. The Balaban J connectivity index is 1.62. The molecule has 2 aromatic carbocycles. The summed E-state index contributed by atoms with van der Waals surface area (Å²) >= 11 is 7.24. The van der Waals surface area contributed by atoms with Crippen LogP contribution in [0.25, 0.3) is 17.0 Å². The van der Waals surface area contributed by atoms with Crippen molar-refractivity contribution in [1.82, 2.24) is 15.6 Å². The van der Waals surface area contributed by atoms with Crippen molar-refractivity contribution in [3.05, 3.63) is 70.2 Å². The van der Waals surface area contributed by atoms with Crippen molar-refractivity contribution >= 4 is 74.8 Å². The lowest BCUT2D eigenvalue weighted by Gasteiger charge is -2.23. The lowest BCUT2D eigenvalue weighted by atomic mass is 10.1. The van der Waals surface area contributed by atoms with Gasteiger partial charge in [0.05, 0.1) is 26.8 Å². The fourth-order valence-electron chi connectivity index (χ4n) is 3.29. The monoisotopic (exact) mass is 577 g/mol. The number of thioether (sulfide) groups is 1. The van der Waals surface area contributed by atoms with Gasteiger partial charge in [-0.25, -0.2) is 14.6 Å². The lowest BCUT2D eigenvalue weighted by Crippen LogP contribution is -2.46. The quantitative estimate of drug-likeness (QED) is 0.303. The van der Waals surface area contributed by atoms with Crippen LogP contribution < -0.4 is 15.7 Å². The Labute approximate surface area is 229 Å². The molecule has 0 saturated carbocycles. The van der Waals surface area contributed by atoms with Gasteiger partial charge in [0.1, 0.15) is 0 Å². The van der Waals surface area contributed by atoms with Gasteiger partial charge in [0.2, 0.25) is 0 Å². The second-order valence-corrected chi connectivity index (χ2v) is 9.79. The highest BCUT2D eigenvalue weighted by Gasteiger charge is 2.44. The van der Waals surface area contributed by atoms with E-state index in [2.05, 4.69) is 25.4 Å². The SMILES string of the molecule is CC(C)NC(=O)N(OC(=O)C(F)(F)F)c1ccc(Cl)c(N=C2NC(=O)/C(=C/c3ccc4ncccc4c3)S2)c1. The van der Waals surface area contributed by atoms with Crippen LogP contribution in [0.3, 0.4) is 0 Å². The Bertz CT molecular complexity index is 1530. The minimum absolute atomic E-state index is 0.000371. The molecule has 1 aliphatic rings. The van der Waals surface area contributed by atoms with Crippen LogP contribution in [-0.4, -0.2) is 40.3 Å². The van der Waals surface area contributed by atoms with E-state index < -0.39 is 30.1 Å². The molecule has 2 N–H and O–H groups in total. The van der Waals surface area contributed by atoms with Crippen LogP contribution in [0.2, 0.25) is 5.02 Å². The van der Waals surface area contributed by atoms with Crippen molar-refractivity contribution < 1.29 is 32.4 Å². The Morgan fingerprint density at radius 1 is 1.21 bits per heavy atom. The number of fused-ring (bicyclic) bond motifs is 1. The van der Waals surface area contributed by atoms with Gasteiger partial charge in [0.15, 0.2) is 5.17 Å². The molecule has 39 heavy (non-hydrogen) atoms. The summed E-state index contributed by atoms with van der Waals surface area (Å²) in [5, 5.41) is 6.20. The first-order valence-electron chi connectivity index (χ1n) is 11.2. The number of aliphatic imine (C=N–C) groups is 1. The van der Waals surface area contributed by atoms with E-state index in [1.54, 1.807) is 32.2 Å². The number of pyridine rings is 1. The van der Waals surface area contributed by atoms with Crippen molar-refractivity contribution in [2.24, 2.45) is 4.99 Å². The van der Waals surface area contributed by atoms with Crippen LogP contribution >= 0.6 is 23.4 Å². The van der Waals surface area contributed by atoms with E-state index in [-0.39, 0.29) is 26.6 Å². The minimum atomic E-state index is -5.35. The molecule has 0 radical (unpaired) electrons. The zero-order valence-electron chi connectivity index (χ0n) is 20.2. The number of nitrogens with zero attached hydrogens (tertiary/aromatic N) is 3. The van der Waals surface area contributed by atoms with Crippen LogP contribution in [0.15, 0.2) is 64.6 Å². The molecule has 1 fully saturated rings. The molecule has 0 unspecified atom stereocenters. The number of hydrogen-bond donors (Lipinski definition) is 2. The predicted octanol–water partition coefficient (Wildman–Crippen LogP) is 5.72. The van der Waals surface area contributed by atoms with Crippen molar-refractivity contribution in [2.75, 3.05) is 5.06 Å². The number of hydroxylamine groups is 1. The molecule has 0 spiro atoms. The highest BCUT2D eigenvalue weighted by atomic mass is 35.5. The third-order valence-electron chi connectivity index (χ3n) is 4.96. The normalized spacial score (nSPS) is 15.6. The van der Waals surface area contributed by atoms with Gasteiger partial charge < -0.3 is 15.5 Å². The fourth-order valence-corrected chi connectivity index (χ4v) is 4.28. The maximum Gasteiger partial charge on any atom is 0.493 e. The molecule has 1 aromatic heterocycles. The largest absolute Gasteiger partial charge is 0.493 e. The summed E-state index contributed by atoms with van der Waals surface area (Å²) in [5.74, 6) is -3.02. The summed E-state index contributed by atoms with van der Waals surface area (Å²) in [4.78, 5) is 49.8. The molecule has 14 heteroatoms. The van der Waals surface area contributed by atoms with Gasteiger partial charge in [-0.05, 0) is 73.6 Å². The molecule has 0 aliphatic carbocycles. The van der Waals surface area contributed by atoms with Crippen molar-refractivity contribution in [3.8, 4) is 0 Å². The van der Waals surface area contributed by atoms with Crippen molar-refractivity contribution in [1.29, 1.82) is 0 Å². The molecular weight excluding hydrogens is 559 g/mol. The highest BCUT2D eigenvalue weighted by molar-refractivity contribution is 8.18. The highest BCUT2D eigenvalue weighted by Crippen LogP contribution is 2.34. The van der Waals surface area contributed by atoms with Crippen LogP contribution in [0.4, 0.5) is 29.3 Å². The number of anilines is 1. The molecule has 1 aliphatic heterocycles. The molecular formula is C25H19ClF3N5O4S. The number of carbonyl (C=O) groups is 3. The number of rotatable bonds is 4. The second kappa shape index (κ2) is 11.3. The van der Waals surface area contributed by atoms with E-state index >= 15 is 0 Å². The van der Waals surface area contributed by atoms with Crippen LogP contribution in [0, 0.1) is 0 Å². The van der Waals surface area contributed by atoms with Gasteiger partial charge in [0.25, 0.3) is 5.91 Å². The number of urea groups is 1. The van der Waals surface area contributed by atoms with Gasteiger partial charge in [0, 0.05) is 17.6 Å². The van der Waals surface area contributed by atoms with E-state index in [1.165, 1.54) is 12.1 Å². The number of carbonyl (C=O) groups excluding carboxylic acids is 3. The van der Waals surface area contributed by atoms with E-state index in [4.69, 9.17) is 11.6 Å². The molecule has 3 aromatic rings. The predicted molar refractivity (Wildman–Crippen MR) is 142 cm³/mol.